The number of carbonyl (C=O) groups is 2. The number of ether oxygens (including phenoxy) is 3. The maximum Gasteiger partial charge on any atom is 0.311 e. The molecule has 0 N–H and O–H groups in total. The second-order valence-electron chi connectivity index (χ2n) is 7.31. The zero-order valence-electron chi connectivity index (χ0n) is 17.5. The molecule has 0 unspecified atom stereocenters. The lowest BCUT2D eigenvalue weighted by molar-refractivity contribution is -0.149. The highest BCUT2D eigenvalue weighted by Gasteiger charge is 2.37. The molecule has 0 saturated carbocycles. The first-order valence-corrected chi connectivity index (χ1v) is 10.2. The number of anilines is 1. The molecule has 3 aromatic rings. The van der Waals surface area contributed by atoms with Crippen LogP contribution >= 0.6 is 11.6 Å². The number of fused-ring (bicyclic) bond motifs is 1. The molecule has 8 nitrogen and oxygen atoms in total. The van der Waals surface area contributed by atoms with Gasteiger partial charge in [0, 0.05) is 37.0 Å². The second kappa shape index (κ2) is 8.81. The summed E-state index contributed by atoms with van der Waals surface area (Å²) in [4.78, 5) is 26.8. The molecule has 1 aliphatic rings. The molecular formula is C23H20ClN3O5. The fraction of sp³-hybridized carbons (Fsp3) is 0.261. The van der Waals surface area contributed by atoms with Crippen molar-refractivity contribution in [3.05, 3.63) is 58.9 Å². The number of rotatable bonds is 6. The summed E-state index contributed by atoms with van der Waals surface area (Å²) in [5, 5.41) is 9.83. The van der Waals surface area contributed by atoms with E-state index in [2.05, 4.69) is 6.07 Å². The summed E-state index contributed by atoms with van der Waals surface area (Å²) in [6.07, 6.45) is 3.59. The molecule has 9 heteroatoms. The Labute approximate surface area is 189 Å². The third kappa shape index (κ3) is 3.83. The van der Waals surface area contributed by atoms with Gasteiger partial charge in [-0.05, 0) is 18.2 Å². The Hall–Kier alpha value is -3.70. The molecule has 0 radical (unpaired) electrons. The van der Waals surface area contributed by atoms with Crippen molar-refractivity contribution in [1.29, 1.82) is 5.26 Å². The van der Waals surface area contributed by atoms with Gasteiger partial charge >= 0.3 is 5.97 Å². The standard InChI is InChI=1S/C23H20ClN3O5/c1-30-20-9-21(31-2)19(8-17(20)24)27-12-14(7-22(27)28)23(29)32-13-15-11-26-6-4-3-5-18(26)16(15)10-25/h3-6,8-9,11,14H,7,12-13H2,1-2H3/t14-/m0/s1. The topological polar surface area (TPSA) is 93.3 Å². The molecule has 1 aromatic carbocycles. The number of methoxy groups -OCH3 is 2. The van der Waals surface area contributed by atoms with Gasteiger partial charge in [0.15, 0.2) is 0 Å². The number of amides is 1. The second-order valence-corrected chi connectivity index (χ2v) is 7.71. The molecule has 32 heavy (non-hydrogen) atoms. The van der Waals surface area contributed by atoms with Crippen molar-refractivity contribution >= 4 is 34.7 Å². The van der Waals surface area contributed by atoms with Gasteiger partial charge in [-0.15, -0.1) is 0 Å². The van der Waals surface area contributed by atoms with Crippen LogP contribution in [-0.4, -0.2) is 37.0 Å². The average Bonchev–Trinajstić information content (AvgIpc) is 3.37. The Morgan fingerprint density at radius 2 is 2.03 bits per heavy atom. The smallest absolute Gasteiger partial charge is 0.311 e. The molecule has 2 aromatic heterocycles. The first kappa shape index (κ1) is 21.5. The van der Waals surface area contributed by atoms with Crippen LogP contribution in [0.3, 0.4) is 0 Å². The third-order valence-corrected chi connectivity index (χ3v) is 5.74. The fourth-order valence-corrected chi connectivity index (χ4v) is 4.07. The molecule has 0 aliphatic carbocycles. The number of nitrogens with zero attached hydrogens (tertiary/aromatic N) is 3. The molecular weight excluding hydrogens is 434 g/mol. The van der Waals surface area contributed by atoms with E-state index in [1.54, 1.807) is 18.3 Å². The van der Waals surface area contributed by atoms with Crippen LogP contribution in [0.4, 0.5) is 5.69 Å². The van der Waals surface area contributed by atoms with Crippen LogP contribution in [0.1, 0.15) is 17.5 Å². The van der Waals surface area contributed by atoms with Gasteiger partial charge in [-0.25, -0.2) is 0 Å². The van der Waals surface area contributed by atoms with E-state index in [9.17, 15) is 14.9 Å². The molecule has 1 amide bonds. The van der Waals surface area contributed by atoms with Crippen molar-refractivity contribution in [2.24, 2.45) is 5.92 Å². The summed E-state index contributed by atoms with van der Waals surface area (Å²) < 4.78 is 17.9. The summed E-state index contributed by atoms with van der Waals surface area (Å²) in [5.74, 6) is -0.552. The number of halogens is 1. The SMILES string of the molecule is COc1cc(OC)c(N2C[C@@H](C(=O)OCc3cn4ccccc4c3C#N)CC2=O)cc1Cl. The van der Waals surface area contributed by atoms with E-state index < -0.39 is 11.9 Å². The molecule has 3 heterocycles. The minimum absolute atomic E-state index is 0.00841. The molecule has 1 fully saturated rings. The minimum atomic E-state index is -0.643. The number of carbonyl (C=O) groups excluding carboxylic acids is 2. The van der Waals surface area contributed by atoms with Gasteiger partial charge < -0.3 is 23.5 Å². The van der Waals surface area contributed by atoms with Crippen LogP contribution < -0.4 is 14.4 Å². The summed E-state index contributed by atoms with van der Waals surface area (Å²) in [7, 11) is 2.96. The van der Waals surface area contributed by atoms with Crippen molar-refractivity contribution in [3.8, 4) is 17.6 Å². The highest BCUT2D eigenvalue weighted by molar-refractivity contribution is 6.32. The Kier molecular flexibility index (Phi) is 5.93. The first-order valence-electron chi connectivity index (χ1n) is 9.84. The number of benzene rings is 1. The number of aromatic nitrogens is 1. The van der Waals surface area contributed by atoms with Gasteiger partial charge in [-0.1, -0.05) is 17.7 Å². The normalized spacial score (nSPS) is 15.6. The van der Waals surface area contributed by atoms with Gasteiger partial charge in [0.1, 0.15) is 24.2 Å². The van der Waals surface area contributed by atoms with Crippen LogP contribution in [0.5, 0.6) is 11.5 Å². The maximum absolute atomic E-state index is 12.7. The van der Waals surface area contributed by atoms with Crippen LogP contribution in [0.2, 0.25) is 5.02 Å². The van der Waals surface area contributed by atoms with E-state index in [1.165, 1.54) is 19.1 Å². The summed E-state index contributed by atoms with van der Waals surface area (Å²) in [6, 6.07) is 10.9. The third-order valence-electron chi connectivity index (χ3n) is 5.45. The predicted molar refractivity (Wildman–Crippen MR) is 117 cm³/mol. The highest BCUT2D eigenvalue weighted by atomic mass is 35.5. The van der Waals surface area contributed by atoms with Gasteiger partial charge in [-0.2, -0.15) is 5.26 Å². The van der Waals surface area contributed by atoms with Crippen LogP contribution in [0.25, 0.3) is 5.52 Å². The Morgan fingerprint density at radius 3 is 2.75 bits per heavy atom. The Balaban J connectivity index is 1.49. The molecule has 1 atom stereocenters. The van der Waals surface area contributed by atoms with Crippen LogP contribution in [-0.2, 0) is 20.9 Å². The number of esters is 1. The maximum atomic E-state index is 12.7. The molecule has 0 bridgehead atoms. The van der Waals surface area contributed by atoms with Crippen molar-refractivity contribution in [2.45, 2.75) is 13.0 Å². The van der Waals surface area contributed by atoms with E-state index in [1.807, 2.05) is 28.8 Å². The van der Waals surface area contributed by atoms with E-state index >= 15 is 0 Å². The Bertz CT molecular complexity index is 1250. The van der Waals surface area contributed by atoms with Gasteiger partial charge in [0.05, 0.1) is 41.9 Å². The Morgan fingerprint density at radius 1 is 1.25 bits per heavy atom. The largest absolute Gasteiger partial charge is 0.495 e. The summed E-state index contributed by atoms with van der Waals surface area (Å²) in [6.45, 7) is 0.0886. The minimum Gasteiger partial charge on any atom is -0.495 e. The lowest BCUT2D eigenvalue weighted by atomic mass is 10.1. The monoisotopic (exact) mass is 453 g/mol. The van der Waals surface area contributed by atoms with E-state index in [4.69, 9.17) is 25.8 Å². The number of hydrogen-bond donors (Lipinski definition) is 0. The van der Waals surface area contributed by atoms with Crippen molar-refractivity contribution < 1.29 is 23.8 Å². The van der Waals surface area contributed by atoms with Gasteiger partial charge in [0.25, 0.3) is 0 Å². The van der Waals surface area contributed by atoms with Crippen LogP contribution in [0.15, 0.2) is 42.7 Å². The number of pyridine rings is 1. The molecule has 0 spiro atoms. The fourth-order valence-electron chi connectivity index (χ4n) is 3.84. The van der Waals surface area contributed by atoms with E-state index in [-0.39, 0.29) is 25.5 Å². The number of nitriles is 1. The zero-order valence-corrected chi connectivity index (χ0v) is 18.3. The van der Waals surface area contributed by atoms with Crippen LogP contribution in [0, 0.1) is 17.2 Å². The summed E-state index contributed by atoms with van der Waals surface area (Å²) in [5.41, 5.74) is 2.27. The number of hydrogen-bond acceptors (Lipinski definition) is 6. The quantitative estimate of drug-likeness (QED) is 0.529. The first-order chi connectivity index (χ1) is 15.5. The lowest BCUT2D eigenvalue weighted by Gasteiger charge is -2.20. The molecule has 1 aliphatic heterocycles. The average molecular weight is 454 g/mol. The molecule has 1 saturated heterocycles. The molecule has 4 rings (SSSR count). The van der Waals surface area contributed by atoms with Gasteiger partial charge in [-0.3, -0.25) is 9.59 Å². The summed E-state index contributed by atoms with van der Waals surface area (Å²) >= 11 is 6.22. The predicted octanol–water partition coefficient (Wildman–Crippen LogP) is 3.58. The van der Waals surface area contributed by atoms with Crippen molar-refractivity contribution in [2.75, 3.05) is 25.7 Å². The molecule has 164 valence electrons. The van der Waals surface area contributed by atoms with Crippen molar-refractivity contribution in [3.63, 3.8) is 0 Å². The van der Waals surface area contributed by atoms with E-state index in [0.29, 0.717) is 33.3 Å². The lowest BCUT2D eigenvalue weighted by Crippen LogP contribution is -2.27. The van der Waals surface area contributed by atoms with Gasteiger partial charge in [0.2, 0.25) is 5.91 Å². The van der Waals surface area contributed by atoms with Crippen molar-refractivity contribution in [1.82, 2.24) is 4.40 Å². The zero-order chi connectivity index (χ0) is 22.8. The highest BCUT2D eigenvalue weighted by Crippen LogP contribution is 2.40. The van der Waals surface area contributed by atoms with E-state index in [0.717, 1.165) is 5.52 Å².